The number of nitrogens with one attached hydrogen (secondary N) is 3. The van der Waals surface area contributed by atoms with Gasteiger partial charge in [-0.25, -0.2) is 9.48 Å². The van der Waals surface area contributed by atoms with Gasteiger partial charge in [0.15, 0.2) is 5.69 Å². The summed E-state index contributed by atoms with van der Waals surface area (Å²) in [4.78, 5) is 47.8. The summed E-state index contributed by atoms with van der Waals surface area (Å²) in [6.07, 6.45) is 1.40. The number of anilines is 2. The number of nitrogens with two attached hydrogens (primary N) is 1. The van der Waals surface area contributed by atoms with Crippen molar-refractivity contribution in [3.05, 3.63) is 36.2 Å². The fourth-order valence-electron chi connectivity index (χ4n) is 2.10. The van der Waals surface area contributed by atoms with Crippen LogP contribution in [0, 0.1) is 0 Å². The Hall–Kier alpha value is -3.96. The Morgan fingerprint density at radius 2 is 1.83 bits per heavy atom. The molecular formula is C17H22N8O4. The molecule has 1 heterocycles. The van der Waals surface area contributed by atoms with E-state index in [1.54, 1.807) is 38.4 Å². The topological polar surface area (TPSA) is 164 Å². The van der Waals surface area contributed by atoms with E-state index in [1.165, 1.54) is 15.8 Å². The molecule has 0 radical (unpaired) electrons. The van der Waals surface area contributed by atoms with Gasteiger partial charge in [0.05, 0.1) is 6.20 Å². The third-order valence-electron chi connectivity index (χ3n) is 3.60. The maximum absolute atomic E-state index is 12.3. The van der Waals surface area contributed by atoms with Gasteiger partial charge in [-0.15, -0.1) is 5.10 Å². The first-order valence-corrected chi connectivity index (χ1v) is 8.59. The maximum Gasteiger partial charge on any atom is 0.319 e. The average Bonchev–Trinajstić information content (AvgIpc) is 3.10. The van der Waals surface area contributed by atoms with Crippen LogP contribution in [-0.4, -0.2) is 64.3 Å². The highest BCUT2D eigenvalue weighted by Gasteiger charge is 2.14. The van der Waals surface area contributed by atoms with Crippen molar-refractivity contribution in [3.63, 3.8) is 0 Å². The molecule has 0 atom stereocenters. The van der Waals surface area contributed by atoms with E-state index in [-0.39, 0.29) is 31.1 Å². The molecule has 12 nitrogen and oxygen atoms in total. The number of likely N-dealkylation sites (N-methyl/N-ethyl adjacent to an activating group) is 1. The van der Waals surface area contributed by atoms with Crippen LogP contribution in [0.25, 0.3) is 0 Å². The van der Waals surface area contributed by atoms with Gasteiger partial charge in [0.1, 0.15) is 6.54 Å². The Kier molecular flexibility index (Phi) is 7.23. The minimum Gasteiger partial charge on any atom is -0.370 e. The van der Waals surface area contributed by atoms with Gasteiger partial charge in [-0.3, -0.25) is 14.4 Å². The number of hydrogen-bond donors (Lipinski definition) is 4. The summed E-state index contributed by atoms with van der Waals surface area (Å²) in [5, 5.41) is 15.2. The van der Waals surface area contributed by atoms with E-state index in [2.05, 4.69) is 26.3 Å². The minimum atomic E-state index is -0.517. The standard InChI is InChI=1S/C17H22N8O4/c1-24(2)15(27)10-25-9-13(22-23-25)16(28)20-11-4-3-5-12(8-11)21-17(29)19-7-6-14(18)26/h3-5,8-9H,6-7,10H2,1-2H3,(H2,18,26)(H,20,28)(H2,19,21,29). The fraction of sp³-hybridized carbons (Fsp3) is 0.294. The molecule has 2 rings (SSSR count). The van der Waals surface area contributed by atoms with Crippen LogP contribution in [0.1, 0.15) is 16.9 Å². The summed E-state index contributed by atoms with van der Waals surface area (Å²) in [6, 6.07) is 5.94. The molecule has 0 aliphatic heterocycles. The van der Waals surface area contributed by atoms with Crippen molar-refractivity contribution >= 4 is 35.1 Å². The number of urea groups is 1. The molecule has 2 aromatic rings. The van der Waals surface area contributed by atoms with Crippen LogP contribution in [0.5, 0.6) is 0 Å². The lowest BCUT2D eigenvalue weighted by Gasteiger charge is -2.09. The molecule has 154 valence electrons. The third kappa shape index (κ3) is 6.93. The Labute approximate surface area is 166 Å². The van der Waals surface area contributed by atoms with Gasteiger partial charge in [-0.05, 0) is 18.2 Å². The first kappa shape index (κ1) is 21.3. The number of carbonyl (C=O) groups is 4. The highest BCUT2D eigenvalue weighted by atomic mass is 16.2. The molecule has 1 aromatic carbocycles. The highest BCUT2D eigenvalue weighted by molar-refractivity contribution is 6.03. The molecule has 12 heteroatoms. The van der Waals surface area contributed by atoms with E-state index in [1.807, 2.05) is 0 Å². The molecule has 0 saturated heterocycles. The van der Waals surface area contributed by atoms with Crippen LogP contribution in [-0.2, 0) is 16.1 Å². The zero-order valence-electron chi connectivity index (χ0n) is 16.0. The van der Waals surface area contributed by atoms with Crippen LogP contribution in [0.15, 0.2) is 30.5 Å². The summed E-state index contributed by atoms with van der Waals surface area (Å²) in [6.45, 7) is 0.0845. The van der Waals surface area contributed by atoms with Crippen molar-refractivity contribution in [2.45, 2.75) is 13.0 Å². The van der Waals surface area contributed by atoms with E-state index in [9.17, 15) is 19.2 Å². The van der Waals surface area contributed by atoms with Crippen molar-refractivity contribution in [1.29, 1.82) is 0 Å². The van der Waals surface area contributed by atoms with Crippen LogP contribution >= 0.6 is 0 Å². The van der Waals surface area contributed by atoms with Crippen molar-refractivity contribution in [2.24, 2.45) is 5.73 Å². The summed E-state index contributed by atoms with van der Waals surface area (Å²) in [5.74, 6) is -1.22. The largest absolute Gasteiger partial charge is 0.370 e. The van der Waals surface area contributed by atoms with Gasteiger partial charge >= 0.3 is 6.03 Å². The van der Waals surface area contributed by atoms with Crippen molar-refractivity contribution in [2.75, 3.05) is 31.3 Å². The molecular weight excluding hydrogens is 380 g/mol. The van der Waals surface area contributed by atoms with Crippen molar-refractivity contribution in [3.8, 4) is 0 Å². The summed E-state index contributed by atoms with van der Waals surface area (Å²) in [5.41, 5.74) is 5.89. The number of hydrogen-bond acceptors (Lipinski definition) is 6. The normalized spacial score (nSPS) is 10.1. The number of rotatable bonds is 8. The molecule has 0 fully saturated rings. The number of amides is 5. The second-order valence-electron chi connectivity index (χ2n) is 6.22. The van der Waals surface area contributed by atoms with E-state index in [0.29, 0.717) is 11.4 Å². The molecule has 5 N–H and O–H groups in total. The van der Waals surface area contributed by atoms with E-state index >= 15 is 0 Å². The van der Waals surface area contributed by atoms with Gasteiger partial charge in [0.25, 0.3) is 5.91 Å². The lowest BCUT2D eigenvalue weighted by Crippen LogP contribution is -2.31. The first-order chi connectivity index (χ1) is 13.7. The summed E-state index contributed by atoms with van der Waals surface area (Å²) < 4.78 is 1.27. The zero-order chi connectivity index (χ0) is 21.4. The van der Waals surface area contributed by atoms with Crippen LogP contribution < -0.4 is 21.7 Å². The van der Waals surface area contributed by atoms with Gasteiger partial charge in [0.2, 0.25) is 11.8 Å². The fourth-order valence-corrected chi connectivity index (χ4v) is 2.10. The molecule has 0 aliphatic rings. The zero-order valence-corrected chi connectivity index (χ0v) is 16.0. The van der Waals surface area contributed by atoms with Gasteiger partial charge < -0.3 is 26.6 Å². The third-order valence-corrected chi connectivity index (χ3v) is 3.60. The van der Waals surface area contributed by atoms with E-state index in [4.69, 9.17) is 5.73 Å². The summed E-state index contributed by atoms with van der Waals surface area (Å²) in [7, 11) is 3.23. The maximum atomic E-state index is 12.3. The molecule has 0 bridgehead atoms. The molecule has 0 unspecified atom stereocenters. The Morgan fingerprint density at radius 3 is 2.48 bits per heavy atom. The number of carbonyl (C=O) groups excluding carboxylic acids is 4. The predicted molar refractivity (Wildman–Crippen MR) is 104 cm³/mol. The lowest BCUT2D eigenvalue weighted by molar-refractivity contribution is -0.129. The van der Waals surface area contributed by atoms with E-state index < -0.39 is 17.8 Å². The molecule has 0 spiro atoms. The first-order valence-electron chi connectivity index (χ1n) is 8.59. The molecule has 0 saturated carbocycles. The van der Waals surface area contributed by atoms with Gasteiger partial charge in [-0.2, -0.15) is 0 Å². The van der Waals surface area contributed by atoms with Crippen molar-refractivity contribution < 1.29 is 19.2 Å². The molecule has 1 aromatic heterocycles. The second kappa shape index (κ2) is 9.82. The quantitative estimate of drug-likeness (QED) is 0.470. The highest BCUT2D eigenvalue weighted by Crippen LogP contribution is 2.15. The second-order valence-corrected chi connectivity index (χ2v) is 6.22. The lowest BCUT2D eigenvalue weighted by atomic mass is 10.2. The van der Waals surface area contributed by atoms with Crippen LogP contribution in [0.3, 0.4) is 0 Å². The van der Waals surface area contributed by atoms with Crippen molar-refractivity contribution in [1.82, 2.24) is 25.2 Å². The van der Waals surface area contributed by atoms with Gasteiger partial charge in [-0.1, -0.05) is 11.3 Å². The summed E-state index contributed by atoms with van der Waals surface area (Å²) >= 11 is 0. The van der Waals surface area contributed by atoms with Crippen LogP contribution in [0.4, 0.5) is 16.2 Å². The number of nitrogens with zero attached hydrogens (tertiary/aromatic N) is 4. The predicted octanol–water partition coefficient (Wildman–Crippen LogP) is -0.384. The van der Waals surface area contributed by atoms with E-state index in [0.717, 1.165) is 0 Å². The Balaban J connectivity index is 1.93. The SMILES string of the molecule is CN(C)C(=O)Cn1cc(C(=O)Nc2cccc(NC(=O)NCCC(N)=O)c2)nn1. The minimum absolute atomic E-state index is 0.0302. The molecule has 29 heavy (non-hydrogen) atoms. The average molecular weight is 402 g/mol. The number of aromatic nitrogens is 3. The number of benzene rings is 1. The van der Waals surface area contributed by atoms with Crippen LogP contribution in [0.2, 0.25) is 0 Å². The smallest absolute Gasteiger partial charge is 0.319 e. The monoisotopic (exact) mass is 402 g/mol. The van der Waals surface area contributed by atoms with Gasteiger partial charge in [0, 0.05) is 38.4 Å². The molecule has 0 aliphatic carbocycles. The Morgan fingerprint density at radius 1 is 1.14 bits per heavy atom. The Bertz CT molecular complexity index is 908. The number of primary amides is 1. The molecule has 5 amide bonds.